The average molecular weight is 620 g/mol. The Labute approximate surface area is 263 Å². The summed E-state index contributed by atoms with van der Waals surface area (Å²) in [5.74, 6) is 1.55. The SMILES string of the molecule is CN1CCCC1=Nc1ncnc2c1ncn2[C@H]1CN(C(c2ccccc2)(c2ccccc2)c2ccccc2)C[C@@H](COP=O)O1. The highest BCUT2D eigenvalue weighted by Gasteiger charge is 2.46. The molecule has 2 aliphatic heterocycles. The van der Waals surface area contributed by atoms with Crippen LogP contribution in [0.4, 0.5) is 5.82 Å². The minimum atomic E-state index is -0.672. The first-order valence-corrected chi connectivity index (χ1v) is 15.9. The molecule has 0 radical (unpaired) electrons. The molecule has 5 aromatic rings. The fourth-order valence-electron chi connectivity index (χ4n) is 6.73. The minimum absolute atomic E-state index is 0.152. The van der Waals surface area contributed by atoms with Crippen molar-refractivity contribution in [3.8, 4) is 0 Å². The number of benzene rings is 3. The van der Waals surface area contributed by atoms with Crippen LogP contribution in [0.3, 0.4) is 0 Å². The highest BCUT2D eigenvalue weighted by Crippen LogP contribution is 2.45. The van der Waals surface area contributed by atoms with Gasteiger partial charge >= 0.3 is 8.69 Å². The second kappa shape index (κ2) is 12.9. The van der Waals surface area contributed by atoms with E-state index in [1.165, 1.54) is 6.33 Å². The summed E-state index contributed by atoms with van der Waals surface area (Å²) in [6, 6.07) is 31.7. The lowest BCUT2D eigenvalue weighted by molar-refractivity contribution is -0.144. The summed E-state index contributed by atoms with van der Waals surface area (Å²) in [5.41, 5.74) is 3.97. The Morgan fingerprint density at radius 2 is 1.56 bits per heavy atom. The largest absolute Gasteiger partial charge is 0.363 e. The van der Waals surface area contributed by atoms with Crippen molar-refractivity contribution in [3.63, 3.8) is 0 Å². The second-order valence-corrected chi connectivity index (χ2v) is 11.8. The van der Waals surface area contributed by atoms with E-state index < -0.39 is 17.9 Å². The van der Waals surface area contributed by atoms with Crippen molar-refractivity contribution in [3.05, 3.63) is 120 Å². The number of aromatic nitrogens is 4. The van der Waals surface area contributed by atoms with Gasteiger partial charge in [0.05, 0.1) is 24.6 Å². The van der Waals surface area contributed by atoms with Crippen LogP contribution in [0.2, 0.25) is 0 Å². The molecule has 2 atom stereocenters. The van der Waals surface area contributed by atoms with Crippen LogP contribution >= 0.6 is 8.69 Å². The van der Waals surface area contributed by atoms with Crippen LogP contribution in [0, 0.1) is 0 Å². The predicted octanol–water partition coefficient (Wildman–Crippen LogP) is 6.00. The zero-order chi connectivity index (χ0) is 30.6. The van der Waals surface area contributed by atoms with Crippen molar-refractivity contribution < 1.29 is 13.8 Å². The third kappa shape index (κ3) is 5.55. The van der Waals surface area contributed by atoms with Gasteiger partial charge in [-0.05, 0) is 23.1 Å². The summed E-state index contributed by atoms with van der Waals surface area (Å²) in [5, 5.41) is 0. The topological polar surface area (TPSA) is 98.0 Å². The fraction of sp³-hybridized carbons (Fsp3) is 0.294. The number of rotatable bonds is 9. The van der Waals surface area contributed by atoms with E-state index in [0.29, 0.717) is 30.1 Å². The molecule has 3 aromatic carbocycles. The molecule has 11 heteroatoms. The molecule has 4 heterocycles. The van der Waals surface area contributed by atoms with Gasteiger partial charge < -0.3 is 9.64 Å². The van der Waals surface area contributed by atoms with Crippen LogP contribution in [-0.4, -0.2) is 74.5 Å². The first kappa shape index (κ1) is 29.4. The van der Waals surface area contributed by atoms with Gasteiger partial charge in [0.25, 0.3) is 0 Å². The summed E-state index contributed by atoms with van der Waals surface area (Å²) in [7, 11) is 1.66. The highest BCUT2D eigenvalue weighted by molar-refractivity contribution is 7.17. The van der Waals surface area contributed by atoms with Gasteiger partial charge in [0.1, 0.15) is 18.4 Å². The van der Waals surface area contributed by atoms with Crippen molar-refractivity contribution in [2.45, 2.75) is 30.7 Å². The quantitative estimate of drug-likeness (QED) is 0.147. The van der Waals surface area contributed by atoms with Crippen LogP contribution in [-0.2, 0) is 19.4 Å². The van der Waals surface area contributed by atoms with Gasteiger partial charge in [-0.1, -0.05) is 91.0 Å². The molecule has 2 saturated heterocycles. The fourth-order valence-corrected chi connectivity index (χ4v) is 6.95. The van der Waals surface area contributed by atoms with Gasteiger partial charge in [-0.2, -0.15) is 0 Å². The van der Waals surface area contributed by atoms with Crippen molar-refractivity contribution in [1.29, 1.82) is 0 Å². The first-order valence-electron chi connectivity index (χ1n) is 15.2. The second-order valence-electron chi connectivity index (χ2n) is 11.4. The molecular weight excluding hydrogens is 585 g/mol. The monoisotopic (exact) mass is 619 g/mol. The van der Waals surface area contributed by atoms with Crippen LogP contribution in [0.5, 0.6) is 0 Å². The third-order valence-corrected chi connectivity index (χ3v) is 8.99. The Morgan fingerprint density at radius 1 is 0.911 bits per heavy atom. The Bertz CT molecular complexity index is 1690. The van der Waals surface area contributed by atoms with E-state index in [9.17, 15) is 4.57 Å². The highest BCUT2D eigenvalue weighted by atomic mass is 31.1. The van der Waals surface area contributed by atoms with E-state index in [-0.39, 0.29) is 15.3 Å². The molecule has 2 aromatic heterocycles. The maximum Gasteiger partial charge on any atom is 0.327 e. The van der Waals surface area contributed by atoms with Gasteiger partial charge in [-0.15, -0.1) is 0 Å². The molecule has 2 aliphatic rings. The van der Waals surface area contributed by atoms with Crippen LogP contribution in [0.1, 0.15) is 35.8 Å². The van der Waals surface area contributed by atoms with E-state index in [1.54, 1.807) is 6.33 Å². The van der Waals surface area contributed by atoms with Crippen molar-refractivity contribution in [1.82, 2.24) is 29.3 Å². The number of hydrogen-bond acceptors (Lipinski definition) is 8. The smallest absolute Gasteiger partial charge is 0.327 e. The lowest BCUT2D eigenvalue weighted by atomic mass is 9.75. The van der Waals surface area contributed by atoms with Crippen LogP contribution in [0.15, 0.2) is 109 Å². The number of hydrogen-bond donors (Lipinski definition) is 0. The Balaban J connectivity index is 1.37. The van der Waals surface area contributed by atoms with Crippen LogP contribution < -0.4 is 0 Å². The summed E-state index contributed by atoms with van der Waals surface area (Å²) in [4.78, 5) is 23.3. The van der Waals surface area contributed by atoms with Crippen LogP contribution in [0.25, 0.3) is 11.2 Å². The van der Waals surface area contributed by atoms with Gasteiger partial charge in [0.2, 0.25) is 0 Å². The molecule has 7 rings (SSSR count). The number of imidazole rings is 1. The van der Waals surface area contributed by atoms with E-state index in [0.717, 1.165) is 41.9 Å². The molecular formula is C34H34N7O3P. The van der Waals surface area contributed by atoms with Crippen molar-refractivity contribution in [2.24, 2.45) is 4.99 Å². The Morgan fingerprint density at radius 3 is 2.13 bits per heavy atom. The molecule has 0 N–H and O–H groups in total. The molecule has 45 heavy (non-hydrogen) atoms. The molecule has 0 amide bonds. The lowest BCUT2D eigenvalue weighted by Gasteiger charge is -2.50. The predicted molar refractivity (Wildman–Crippen MR) is 173 cm³/mol. The van der Waals surface area contributed by atoms with Gasteiger partial charge in [0, 0.05) is 33.1 Å². The number of morpholine rings is 1. The maximum atomic E-state index is 11.4. The summed E-state index contributed by atoms with van der Waals surface area (Å²) in [6.07, 6.45) is 4.39. The molecule has 228 valence electrons. The van der Waals surface area contributed by atoms with E-state index in [1.807, 2.05) is 22.8 Å². The molecule has 0 bridgehead atoms. The zero-order valence-electron chi connectivity index (χ0n) is 25.0. The van der Waals surface area contributed by atoms with Gasteiger partial charge in [-0.3, -0.25) is 14.0 Å². The number of nitrogens with zero attached hydrogens (tertiary/aromatic N) is 7. The summed E-state index contributed by atoms with van der Waals surface area (Å²) < 4.78 is 25.5. The van der Waals surface area contributed by atoms with E-state index in [2.05, 4.69) is 99.6 Å². The maximum absolute atomic E-state index is 11.4. The molecule has 10 nitrogen and oxygen atoms in total. The number of fused-ring (bicyclic) bond motifs is 1. The number of likely N-dealkylation sites (tertiary alicyclic amines) is 1. The normalized spacial score (nSPS) is 20.4. The van der Waals surface area contributed by atoms with E-state index in [4.69, 9.17) is 19.2 Å². The number of aliphatic imine (C=N–C) groups is 1. The van der Waals surface area contributed by atoms with Gasteiger partial charge in [-0.25, -0.2) is 24.5 Å². The summed E-state index contributed by atoms with van der Waals surface area (Å²) in [6.45, 7) is 2.16. The Kier molecular flexibility index (Phi) is 8.45. The standard InChI is InChI=1S/C34H34N7O3P/c1-39-19-11-18-29(39)38-32-31-33(36-23-35-32)41(24-37-31)30-21-40(20-28(44-30)22-43-45-42)34(25-12-5-2-6-13-25,26-14-7-3-8-15-26)27-16-9-4-10-17-27/h2-10,12-17,23-24,28,30H,11,18-22H2,1H3/t28-,30+/m0/s1. The lowest BCUT2D eigenvalue weighted by Crippen LogP contribution is -2.57. The molecule has 0 saturated carbocycles. The molecule has 0 unspecified atom stereocenters. The summed E-state index contributed by atoms with van der Waals surface area (Å²) >= 11 is 0. The average Bonchev–Trinajstić information content (AvgIpc) is 3.72. The minimum Gasteiger partial charge on any atom is -0.363 e. The van der Waals surface area contributed by atoms with E-state index >= 15 is 0 Å². The number of ether oxygens (including phenoxy) is 1. The zero-order valence-corrected chi connectivity index (χ0v) is 25.9. The molecule has 0 aliphatic carbocycles. The third-order valence-electron chi connectivity index (χ3n) is 8.73. The van der Waals surface area contributed by atoms with Crippen molar-refractivity contribution in [2.75, 3.05) is 33.3 Å². The number of amidine groups is 1. The first-order chi connectivity index (χ1) is 22.2. The molecule has 2 fully saturated rings. The Hall–Kier alpha value is -4.34. The van der Waals surface area contributed by atoms with Crippen molar-refractivity contribution >= 4 is 31.5 Å². The molecule has 0 spiro atoms. The van der Waals surface area contributed by atoms with Gasteiger partial charge in [0.15, 0.2) is 17.0 Å².